The highest BCUT2D eigenvalue weighted by atomic mass is 16.3. The van der Waals surface area contributed by atoms with E-state index in [0.29, 0.717) is 0 Å². The predicted molar refractivity (Wildman–Crippen MR) is 98.5 cm³/mol. The Morgan fingerprint density at radius 1 is 0.542 bits per heavy atom. The van der Waals surface area contributed by atoms with Crippen molar-refractivity contribution in [1.82, 2.24) is 0 Å². The lowest BCUT2D eigenvalue weighted by Crippen LogP contribution is -1.80. The Bertz CT molecular complexity index is 1400. The van der Waals surface area contributed by atoms with Gasteiger partial charge < -0.3 is 8.83 Å². The Kier molecular flexibility index (Phi) is 2.12. The third-order valence-corrected chi connectivity index (χ3v) is 4.93. The molecule has 2 nitrogen and oxygen atoms in total. The van der Waals surface area contributed by atoms with Gasteiger partial charge in [0.2, 0.25) is 0 Å². The highest BCUT2D eigenvalue weighted by molar-refractivity contribution is 6.28. The fourth-order valence-corrected chi connectivity index (χ4v) is 3.87. The molecule has 0 fully saturated rings. The van der Waals surface area contributed by atoms with Gasteiger partial charge in [0.25, 0.3) is 0 Å². The fourth-order valence-electron chi connectivity index (χ4n) is 3.87. The third-order valence-electron chi connectivity index (χ3n) is 4.93. The molecule has 0 aliphatic heterocycles. The lowest BCUT2D eigenvalue weighted by Gasteiger charge is -2.06. The van der Waals surface area contributed by atoms with Crippen LogP contribution in [0.3, 0.4) is 0 Å². The zero-order valence-electron chi connectivity index (χ0n) is 12.7. The van der Waals surface area contributed by atoms with E-state index in [2.05, 4.69) is 48.5 Å². The van der Waals surface area contributed by atoms with Crippen LogP contribution in [0.4, 0.5) is 0 Å². The van der Waals surface area contributed by atoms with E-state index >= 15 is 0 Å². The maximum Gasteiger partial charge on any atom is 0.141 e. The van der Waals surface area contributed by atoms with E-state index in [1.807, 2.05) is 18.2 Å². The average Bonchev–Trinajstić information content (AvgIpc) is 3.25. The monoisotopic (exact) mass is 308 g/mol. The number of rotatable bonds is 0. The van der Waals surface area contributed by atoms with Gasteiger partial charge in [-0.1, -0.05) is 42.5 Å². The summed E-state index contributed by atoms with van der Waals surface area (Å²) in [5, 5.41) is 8.26. The number of furan rings is 2. The van der Waals surface area contributed by atoms with E-state index in [0.717, 1.165) is 32.9 Å². The first-order valence-corrected chi connectivity index (χ1v) is 8.03. The van der Waals surface area contributed by atoms with Gasteiger partial charge in [0, 0.05) is 26.9 Å². The quantitative estimate of drug-likeness (QED) is 0.294. The Morgan fingerprint density at radius 3 is 2.38 bits per heavy atom. The van der Waals surface area contributed by atoms with E-state index in [4.69, 9.17) is 8.83 Å². The first kappa shape index (κ1) is 12.2. The average molecular weight is 308 g/mol. The van der Waals surface area contributed by atoms with Crippen LogP contribution in [0.2, 0.25) is 0 Å². The molecule has 0 saturated heterocycles. The normalized spacial score (nSPS) is 12.2. The molecule has 0 spiro atoms. The molecule has 2 aromatic heterocycles. The third kappa shape index (κ3) is 1.41. The maximum atomic E-state index is 6.06. The van der Waals surface area contributed by atoms with Crippen LogP contribution in [0.15, 0.2) is 81.8 Å². The van der Waals surface area contributed by atoms with Crippen molar-refractivity contribution in [3.63, 3.8) is 0 Å². The van der Waals surface area contributed by atoms with Crippen molar-refractivity contribution in [2.45, 2.75) is 0 Å². The van der Waals surface area contributed by atoms with Crippen LogP contribution in [0.1, 0.15) is 0 Å². The summed E-state index contributed by atoms with van der Waals surface area (Å²) in [5.41, 5.74) is 2.80. The van der Waals surface area contributed by atoms with Crippen molar-refractivity contribution in [2.75, 3.05) is 0 Å². The molecular formula is C22H12O2. The van der Waals surface area contributed by atoms with Gasteiger partial charge in [0.15, 0.2) is 0 Å². The summed E-state index contributed by atoms with van der Waals surface area (Å²) in [6.45, 7) is 0. The van der Waals surface area contributed by atoms with Gasteiger partial charge in [-0.25, -0.2) is 0 Å². The maximum absolute atomic E-state index is 6.06. The topological polar surface area (TPSA) is 26.3 Å². The van der Waals surface area contributed by atoms with Crippen molar-refractivity contribution in [3.05, 3.63) is 73.0 Å². The van der Waals surface area contributed by atoms with Crippen molar-refractivity contribution in [3.8, 4) is 0 Å². The first-order chi connectivity index (χ1) is 11.9. The summed E-state index contributed by atoms with van der Waals surface area (Å²) in [5.74, 6) is 0. The fraction of sp³-hybridized carbons (Fsp3) is 0. The Labute approximate surface area is 136 Å². The minimum Gasteiger partial charge on any atom is -0.464 e. The summed E-state index contributed by atoms with van der Waals surface area (Å²) in [6, 6.07) is 23.1. The Morgan fingerprint density at radius 2 is 1.38 bits per heavy atom. The molecule has 0 aliphatic carbocycles. The van der Waals surface area contributed by atoms with Gasteiger partial charge >= 0.3 is 0 Å². The van der Waals surface area contributed by atoms with E-state index in [1.54, 1.807) is 6.26 Å². The van der Waals surface area contributed by atoms with Crippen LogP contribution in [0.25, 0.3) is 54.5 Å². The van der Waals surface area contributed by atoms with Crippen LogP contribution in [0.5, 0.6) is 0 Å². The molecule has 0 bridgehead atoms. The predicted octanol–water partition coefficient (Wildman–Crippen LogP) is 6.64. The summed E-state index contributed by atoms with van der Waals surface area (Å²) >= 11 is 0. The van der Waals surface area contributed by atoms with Gasteiger partial charge in [-0.2, -0.15) is 0 Å². The molecule has 4 aromatic carbocycles. The molecule has 6 aromatic rings. The summed E-state index contributed by atoms with van der Waals surface area (Å²) in [6.07, 6.45) is 1.75. The molecular weight excluding hydrogens is 296 g/mol. The zero-order valence-corrected chi connectivity index (χ0v) is 12.7. The highest BCUT2D eigenvalue weighted by Gasteiger charge is 2.14. The van der Waals surface area contributed by atoms with Crippen LogP contribution >= 0.6 is 0 Å². The van der Waals surface area contributed by atoms with Gasteiger partial charge in [0.1, 0.15) is 16.7 Å². The largest absolute Gasteiger partial charge is 0.464 e. The van der Waals surface area contributed by atoms with Crippen molar-refractivity contribution in [1.29, 1.82) is 0 Å². The standard InChI is InChI=1S/C22H12O2/c1-2-4-18-17(3-1)21-19(24-18)10-7-13-5-9-16-15(20(13)21)8-6-14-11-12-23-22(14)16/h1-12H. The molecule has 0 saturated carbocycles. The second-order valence-corrected chi connectivity index (χ2v) is 6.20. The number of hydrogen-bond donors (Lipinski definition) is 0. The first-order valence-electron chi connectivity index (χ1n) is 8.03. The molecule has 2 heterocycles. The highest BCUT2D eigenvalue weighted by Crippen LogP contribution is 2.39. The molecule has 6 rings (SSSR count). The van der Waals surface area contributed by atoms with Crippen molar-refractivity contribution in [2.24, 2.45) is 0 Å². The number of para-hydroxylation sites is 1. The number of hydrogen-bond acceptors (Lipinski definition) is 2. The van der Waals surface area contributed by atoms with E-state index in [-0.39, 0.29) is 0 Å². The molecule has 0 radical (unpaired) electrons. The Hall–Kier alpha value is -3.26. The van der Waals surface area contributed by atoms with E-state index < -0.39 is 0 Å². The molecule has 0 unspecified atom stereocenters. The molecule has 112 valence electrons. The van der Waals surface area contributed by atoms with E-state index in [9.17, 15) is 0 Å². The minimum atomic E-state index is 0.927. The van der Waals surface area contributed by atoms with Crippen molar-refractivity contribution < 1.29 is 8.83 Å². The van der Waals surface area contributed by atoms with Crippen LogP contribution in [-0.2, 0) is 0 Å². The van der Waals surface area contributed by atoms with Gasteiger partial charge in [-0.05, 0) is 35.0 Å². The Balaban J connectivity index is 1.98. The molecule has 2 heteroatoms. The molecule has 0 aliphatic rings. The van der Waals surface area contributed by atoms with Crippen LogP contribution in [0, 0.1) is 0 Å². The zero-order chi connectivity index (χ0) is 15.7. The molecule has 24 heavy (non-hydrogen) atoms. The molecule has 0 N–H and O–H groups in total. The smallest absolute Gasteiger partial charge is 0.141 e. The van der Waals surface area contributed by atoms with Gasteiger partial charge in [0.05, 0.1) is 6.26 Å². The lowest BCUT2D eigenvalue weighted by atomic mass is 9.97. The second kappa shape index (κ2) is 4.18. The molecule has 0 amide bonds. The lowest BCUT2D eigenvalue weighted by molar-refractivity contribution is 0.619. The van der Waals surface area contributed by atoms with Crippen LogP contribution < -0.4 is 0 Å². The van der Waals surface area contributed by atoms with Crippen LogP contribution in [-0.4, -0.2) is 0 Å². The second-order valence-electron chi connectivity index (χ2n) is 6.20. The van der Waals surface area contributed by atoms with Crippen molar-refractivity contribution >= 4 is 54.5 Å². The molecule has 0 atom stereocenters. The van der Waals surface area contributed by atoms with Gasteiger partial charge in [-0.15, -0.1) is 0 Å². The van der Waals surface area contributed by atoms with Gasteiger partial charge in [-0.3, -0.25) is 0 Å². The summed E-state index contributed by atoms with van der Waals surface area (Å²) in [7, 11) is 0. The SMILES string of the molecule is c1ccc2c(c1)oc1ccc3ccc4c(ccc5ccoc54)c3c12. The van der Waals surface area contributed by atoms with E-state index in [1.165, 1.54) is 21.5 Å². The summed E-state index contributed by atoms with van der Waals surface area (Å²) < 4.78 is 11.8. The minimum absolute atomic E-state index is 0.927. The number of fused-ring (bicyclic) bond motifs is 9. The summed E-state index contributed by atoms with van der Waals surface area (Å²) in [4.78, 5) is 0. The number of benzene rings is 4.